The fourth-order valence-electron chi connectivity index (χ4n) is 3.42. The van der Waals surface area contributed by atoms with Crippen LogP contribution in [0, 0.1) is 5.82 Å². The van der Waals surface area contributed by atoms with Crippen molar-refractivity contribution in [1.82, 2.24) is 4.90 Å². The van der Waals surface area contributed by atoms with Gasteiger partial charge in [-0.05, 0) is 92.0 Å². The Morgan fingerprint density at radius 1 is 1.15 bits per heavy atom. The maximum absolute atomic E-state index is 13.7. The summed E-state index contributed by atoms with van der Waals surface area (Å²) in [5.74, 6) is 0.412. The van der Waals surface area contributed by atoms with Crippen LogP contribution in [0.5, 0.6) is 0 Å². The van der Waals surface area contributed by atoms with Gasteiger partial charge in [-0.25, -0.2) is 4.39 Å². The van der Waals surface area contributed by atoms with Gasteiger partial charge in [-0.2, -0.15) is 0 Å². The number of nitrogens with zero attached hydrogens (tertiary/aromatic N) is 1. The van der Waals surface area contributed by atoms with Crippen LogP contribution in [0.1, 0.15) is 63.3 Å². The van der Waals surface area contributed by atoms with Gasteiger partial charge in [0, 0.05) is 12.2 Å². The summed E-state index contributed by atoms with van der Waals surface area (Å²) in [5.41, 5.74) is 10.0. The topological polar surface area (TPSA) is 38.5 Å². The number of unbranched alkanes of at least 4 members (excludes halogenated alkanes) is 1. The Labute approximate surface area is 203 Å². The molecule has 2 N–H and O–H groups in total. The van der Waals surface area contributed by atoms with E-state index in [-0.39, 0.29) is 11.9 Å². The molecule has 0 saturated heterocycles. The van der Waals surface area contributed by atoms with Crippen molar-refractivity contribution >= 4 is 29.2 Å². The van der Waals surface area contributed by atoms with Crippen LogP contribution in [0.3, 0.4) is 0 Å². The lowest BCUT2D eigenvalue weighted by atomic mass is 10.0. The van der Waals surface area contributed by atoms with Gasteiger partial charge in [0.25, 0.3) is 5.17 Å². The van der Waals surface area contributed by atoms with Gasteiger partial charge in [0.2, 0.25) is 0 Å². The van der Waals surface area contributed by atoms with Gasteiger partial charge in [-0.3, -0.25) is 0 Å². The molecular formula is C28H35FN2OS. The molecule has 176 valence electrons. The van der Waals surface area contributed by atoms with Crippen LogP contribution in [-0.2, 0) is 11.2 Å². The van der Waals surface area contributed by atoms with Crippen LogP contribution in [0.4, 0.5) is 10.1 Å². The van der Waals surface area contributed by atoms with E-state index in [0.717, 1.165) is 30.4 Å². The number of halogens is 1. The summed E-state index contributed by atoms with van der Waals surface area (Å²) < 4.78 is 19.7. The molecule has 0 aliphatic rings. The highest BCUT2D eigenvalue weighted by Gasteiger charge is 2.22. The number of hydrogen-bond acceptors (Lipinski definition) is 3. The first-order chi connectivity index (χ1) is 15.9. The number of nitrogen functional groups attached to an aromatic ring is 1. The van der Waals surface area contributed by atoms with Crippen LogP contribution >= 0.6 is 12.2 Å². The first kappa shape index (κ1) is 26.3. The zero-order valence-corrected chi connectivity index (χ0v) is 20.9. The van der Waals surface area contributed by atoms with Crippen molar-refractivity contribution in [3.05, 3.63) is 95.0 Å². The maximum atomic E-state index is 13.7. The van der Waals surface area contributed by atoms with Gasteiger partial charge in [0.15, 0.2) is 0 Å². The third-order valence-electron chi connectivity index (χ3n) is 5.37. The van der Waals surface area contributed by atoms with E-state index >= 15 is 0 Å². The summed E-state index contributed by atoms with van der Waals surface area (Å²) in [6, 6.07) is 12.4. The van der Waals surface area contributed by atoms with Crippen molar-refractivity contribution in [2.45, 2.75) is 53.0 Å². The minimum atomic E-state index is -0.274. The molecule has 0 amide bonds. The van der Waals surface area contributed by atoms with E-state index in [1.54, 1.807) is 12.1 Å². The smallest absolute Gasteiger partial charge is 0.265 e. The van der Waals surface area contributed by atoms with Crippen LogP contribution in [-0.4, -0.2) is 16.6 Å². The highest BCUT2D eigenvalue weighted by Crippen LogP contribution is 2.27. The van der Waals surface area contributed by atoms with E-state index < -0.39 is 0 Å². The quantitative estimate of drug-likeness (QED) is 0.169. The summed E-state index contributed by atoms with van der Waals surface area (Å²) in [6.07, 6.45) is 12.6. The molecule has 3 nitrogen and oxygen atoms in total. The van der Waals surface area contributed by atoms with Crippen molar-refractivity contribution in [3.63, 3.8) is 0 Å². The van der Waals surface area contributed by atoms with Crippen LogP contribution < -0.4 is 5.73 Å². The molecule has 0 saturated carbocycles. The normalized spacial score (nSPS) is 12.9. The highest BCUT2D eigenvalue weighted by molar-refractivity contribution is 7.80. The zero-order chi connectivity index (χ0) is 24.2. The molecule has 2 rings (SSSR count). The number of allylic oxidation sites excluding steroid dienone is 3. The number of ether oxygens (including phenoxy) is 1. The molecule has 0 spiro atoms. The predicted molar refractivity (Wildman–Crippen MR) is 142 cm³/mol. The Balaban J connectivity index is 2.50. The Hall–Kier alpha value is -2.92. The van der Waals surface area contributed by atoms with Gasteiger partial charge in [0.1, 0.15) is 11.6 Å². The van der Waals surface area contributed by atoms with E-state index in [4.69, 9.17) is 22.7 Å². The standard InChI is InChI=1S/C28H35FN2OS/c1-5-9-19-31(28(33)32-25(8-4)10-6-2)27(22-12-15-24(29)16-13-22)18-14-23-20-21(7-3)11-17-26(23)30/h6,8,10-18,20,27H,5,7,9,19,30H2,1-4H3/b10-6-,18-14+,25-8+. The van der Waals surface area contributed by atoms with Crippen LogP contribution in [0.25, 0.3) is 6.08 Å². The van der Waals surface area contributed by atoms with E-state index in [2.05, 4.69) is 30.9 Å². The van der Waals surface area contributed by atoms with E-state index in [0.29, 0.717) is 23.2 Å². The summed E-state index contributed by atoms with van der Waals surface area (Å²) in [5, 5.41) is 0.379. The maximum Gasteiger partial charge on any atom is 0.265 e. The van der Waals surface area contributed by atoms with Gasteiger partial charge in [-0.1, -0.05) is 56.7 Å². The summed E-state index contributed by atoms with van der Waals surface area (Å²) in [7, 11) is 0. The number of hydrogen-bond donors (Lipinski definition) is 1. The molecule has 0 aliphatic heterocycles. The average molecular weight is 467 g/mol. The molecule has 33 heavy (non-hydrogen) atoms. The minimum absolute atomic E-state index is 0.238. The number of aryl methyl sites for hydroxylation is 1. The molecule has 2 aromatic rings. The largest absolute Gasteiger partial charge is 0.432 e. The highest BCUT2D eigenvalue weighted by atomic mass is 32.1. The SMILES string of the molecule is C/C=C\C(=C/C)OC(=S)N(CCCC)C(/C=C/c1cc(CC)ccc1N)c1ccc(F)cc1. The average Bonchev–Trinajstić information content (AvgIpc) is 2.82. The fraction of sp³-hybridized carbons (Fsp3) is 0.321. The Morgan fingerprint density at radius 3 is 2.48 bits per heavy atom. The monoisotopic (exact) mass is 466 g/mol. The summed E-state index contributed by atoms with van der Waals surface area (Å²) >= 11 is 5.74. The second-order valence-corrected chi connectivity index (χ2v) is 8.13. The third-order valence-corrected chi connectivity index (χ3v) is 5.69. The van der Waals surface area contributed by atoms with Crippen molar-refractivity contribution in [3.8, 4) is 0 Å². The molecule has 0 aliphatic carbocycles. The van der Waals surface area contributed by atoms with Crippen molar-refractivity contribution < 1.29 is 9.13 Å². The van der Waals surface area contributed by atoms with Crippen molar-refractivity contribution in [1.29, 1.82) is 0 Å². The molecule has 0 aromatic heterocycles. The third kappa shape index (κ3) is 7.86. The summed E-state index contributed by atoms with van der Waals surface area (Å²) in [4.78, 5) is 2.05. The van der Waals surface area contributed by atoms with E-state index in [1.165, 1.54) is 17.7 Å². The fourth-order valence-corrected chi connectivity index (χ4v) is 3.72. The number of benzene rings is 2. The lowest BCUT2D eigenvalue weighted by Gasteiger charge is -2.32. The minimum Gasteiger partial charge on any atom is -0.432 e. The van der Waals surface area contributed by atoms with E-state index in [9.17, 15) is 4.39 Å². The molecule has 0 fully saturated rings. The molecule has 0 radical (unpaired) electrons. The number of rotatable bonds is 10. The lowest BCUT2D eigenvalue weighted by Crippen LogP contribution is -2.35. The molecule has 0 bridgehead atoms. The van der Waals surface area contributed by atoms with Gasteiger partial charge in [-0.15, -0.1) is 0 Å². The first-order valence-corrected chi connectivity index (χ1v) is 11.9. The number of nitrogens with two attached hydrogens (primary N) is 1. The predicted octanol–water partition coefficient (Wildman–Crippen LogP) is 7.61. The molecule has 2 aromatic carbocycles. The van der Waals surface area contributed by atoms with Crippen LogP contribution in [0.15, 0.2) is 72.5 Å². The van der Waals surface area contributed by atoms with Gasteiger partial charge < -0.3 is 15.4 Å². The zero-order valence-electron chi connectivity index (χ0n) is 20.1. The molecular weight excluding hydrogens is 431 g/mol. The number of anilines is 1. The molecule has 1 unspecified atom stereocenters. The second kappa shape index (κ2) is 13.6. The Morgan fingerprint density at radius 2 is 1.88 bits per heavy atom. The molecule has 5 heteroatoms. The van der Waals surface area contributed by atoms with Gasteiger partial charge in [0.05, 0.1) is 6.04 Å². The van der Waals surface area contributed by atoms with Gasteiger partial charge >= 0.3 is 0 Å². The Bertz CT molecular complexity index is 995. The summed E-state index contributed by atoms with van der Waals surface area (Å²) in [6.45, 7) is 8.81. The molecule has 1 atom stereocenters. The van der Waals surface area contributed by atoms with Crippen molar-refractivity contribution in [2.75, 3.05) is 12.3 Å². The Kier molecular flexibility index (Phi) is 10.8. The molecule has 0 heterocycles. The van der Waals surface area contributed by atoms with Crippen molar-refractivity contribution in [2.24, 2.45) is 0 Å². The van der Waals surface area contributed by atoms with Crippen LogP contribution in [0.2, 0.25) is 0 Å². The first-order valence-electron chi connectivity index (χ1n) is 11.5. The van der Waals surface area contributed by atoms with E-state index in [1.807, 2.05) is 50.3 Å². The lowest BCUT2D eigenvalue weighted by molar-refractivity contribution is 0.276. The second-order valence-electron chi connectivity index (χ2n) is 7.78. The number of thiocarbonyl (C=S) groups is 1.